The molecule has 3 heterocycles. The molecule has 106 valence electrons. The third-order valence-corrected chi connectivity index (χ3v) is 3.71. The summed E-state index contributed by atoms with van der Waals surface area (Å²) in [7, 11) is 0. The van der Waals surface area contributed by atoms with E-state index in [1.807, 2.05) is 10.8 Å². The molecule has 0 bridgehead atoms. The molecular formula is C13H19N7. The van der Waals surface area contributed by atoms with Crippen LogP contribution in [0.15, 0.2) is 25.0 Å². The Morgan fingerprint density at radius 2 is 1.90 bits per heavy atom. The Balaban J connectivity index is 1.86. The van der Waals surface area contributed by atoms with Gasteiger partial charge in [0.2, 0.25) is 0 Å². The van der Waals surface area contributed by atoms with Gasteiger partial charge in [0.1, 0.15) is 18.3 Å². The number of nitrogens with zero attached hydrogens (tertiary/aromatic N) is 6. The third-order valence-electron chi connectivity index (χ3n) is 3.71. The van der Waals surface area contributed by atoms with Crippen molar-refractivity contribution >= 4 is 11.5 Å². The highest BCUT2D eigenvalue weighted by Gasteiger charge is 2.20. The molecule has 0 unspecified atom stereocenters. The molecule has 0 atom stereocenters. The smallest absolute Gasteiger partial charge is 0.166 e. The lowest BCUT2D eigenvalue weighted by Gasteiger charge is -2.35. The number of imidazole rings is 1. The van der Waals surface area contributed by atoms with Gasteiger partial charge in [-0.15, -0.1) is 0 Å². The number of nitrogens with two attached hydrogens (primary N) is 1. The van der Waals surface area contributed by atoms with Crippen LogP contribution in [-0.4, -0.2) is 57.1 Å². The molecule has 0 radical (unpaired) electrons. The maximum atomic E-state index is 6.24. The van der Waals surface area contributed by atoms with E-state index in [1.165, 1.54) is 0 Å². The SMILES string of the molecule is CCN1CCN(c2ncnc(-n3ccnc3)c2N)CC1. The molecule has 2 aromatic heterocycles. The Hall–Kier alpha value is -2.15. The molecular weight excluding hydrogens is 254 g/mol. The summed E-state index contributed by atoms with van der Waals surface area (Å²) < 4.78 is 1.81. The minimum atomic E-state index is 0.607. The minimum Gasteiger partial charge on any atom is -0.393 e. The van der Waals surface area contributed by atoms with Gasteiger partial charge in [0.25, 0.3) is 0 Å². The van der Waals surface area contributed by atoms with Crippen molar-refractivity contribution in [2.24, 2.45) is 0 Å². The van der Waals surface area contributed by atoms with Crippen molar-refractivity contribution in [2.75, 3.05) is 43.4 Å². The maximum Gasteiger partial charge on any atom is 0.166 e. The summed E-state index contributed by atoms with van der Waals surface area (Å²) in [4.78, 5) is 17.3. The molecule has 2 aromatic rings. The molecule has 1 fully saturated rings. The first-order valence-corrected chi connectivity index (χ1v) is 6.85. The molecule has 2 N–H and O–H groups in total. The molecule has 1 aliphatic heterocycles. The first-order valence-electron chi connectivity index (χ1n) is 6.85. The predicted octanol–water partition coefficient (Wildman–Crippen LogP) is 0.386. The zero-order valence-electron chi connectivity index (χ0n) is 11.6. The lowest BCUT2D eigenvalue weighted by Crippen LogP contribution is -2.46. The molecule has 7 heteroatoms. The van der Waals surface area contributed by atoms with Crippen LogP contribution in [0.4, 0.5) is 11.5 Å². The third kappa shape index (κ3) is 2.32. The van der Waals surface area contributed by atoms with E-state index in [-0.39, 0.29) is 0 Å². The largest absolute Gasteiger partial charge is 0.393 e. The van der Waals surface area contributed by atoms with Gasteiger partial charge in [-0.1, -0.05) is 6.92 Å². The van der Waals surface area contributed by atoms with Crippen LogP contribution in [0.3, 0.4) is 0 Å². The zero-order valence-corrected chi connectivity index (χ0v) is 11.6. The molecule has 3 rings (SSSR count). The number of hydrogen-bond donors (Lipinski definition) is 1. The first kappa shape index (κ1) is 12.9. The molecule has 0 amide bonds. The number of likely N-dealkylation sites (N-methyl/N-ethyl adjacent to an activating group) is 1. The highest BCUT2D eigenvalue weighted by atomic mass is 15.3. The summed E-state index contributed by atoms with van der Waals surface area (Å²) >= 11 is 0. The lowest BCUT2D eigenvalue weighted by atomic mass is 10.3. The molecule has 0 aliphatic carbocycles. The molecule has 0 aromatic carbocycles. The quantitative estimate of drug-likeness (QED) is 0.871. The number of piperazine rings is 1. The summed E-state index contributed by atoms with van der Waals surface area (Å²) in [6, 6.07) is 0. The van der Waals surface area contributed by atoms with Gasteiger partial charge in [-0.25, -0.2) is 15.0 Å². The second-order valence-corrected chi connectivity index (χ2v) is 4.83. The highest BCUT2D eigenvalue weighted by Crippen LogP contribution is 2.25. The van der Waals surface area contributed by atoms with Crippen molar-refractivity contribution in [2.45, 2.75) is 6.92 Å². The standard InChI is InChI=1S/C13H19N7/c1-2-18-5-7-19(8-6-18)12-11(14)13(17-9-16-12)20-4-3-15-10-20/h3-4,9-10H,2,5-8,14H2,1H3. The Morgan fingerprint density at radius 1 is 1.15 bits per heavy atom. The van der Waals surface area contributed by atoms with Crippen LogP contribution in [0.5, 0.6) is 0 Å². The van der Waals surface area contributed by atoms with Crippen molar-refractivity contribution < 1.29 is 0 Å². The van der Waals surface area contributed by atoms with Crippen LogP contribution >= 0.6 is 0 Å². The van der Waals surface area contributed by atoms with E-state index in [2.05, 4.69) is 31.7 Å². The number of nitrogen functional groups attached to an aromatic ring is 1. The molecule has 1 aliphatic rings. The van der Waals surface area contributed by atoms with Gasteiger partial charge in [-0.05, 0) is 6.54 Å². The van der Waals surface area contributed by atoms with Gasteiger partial charge in [0.15, 0.2) is 11.6 Å². The average molecular weight is 273 g/mol. The normalized spacial score (nSPS) is 16.6. The minimum absolute atomic E-state index is 0.607. The van der Waals surface area contributed by atoms with Crippen molar-refractivity contribution in [1.29, 1.82) is 0 Å². The number of aromatic nitrogens is 4. The zero-order chi connectivity index (χ0) is 13.9. The van der Waals surface area contributed by atoms with E-state index >= 15 is 0 Å². The molecule has 7 nitrogen and oxygen atoms in total. The van der Waals surface area contributed by atoms with Crippen molar-refractivity contribution in [3.05, 3.63) is 25.0 Å². The van der Waals surface area contributed by atoms with Gasteiger partial charge < -0.3 is 15.5 Å². The monoisotopic (exact) mass is 273 g/mol. The summed E-state index contributed by atoms with van der Waals surface area (Å²) in [6.45, 7) is 7.25. The maximum absolute atomic E-state index is 6.24. The first-order chi connectivity index (χ1) is 9.79. The fourth-order valence-electron chi connectivity index (χ4n) is 2.50. The van der Waals surface area contributed by atoms with Gasteiger partial charge in [0.05, 0.1) is 0 Å². The summed E-state index contributed by atoms with van der Waals surface area (Å²) in [5, 5.41) is 0. The fourth-order valence-corrected chi connectivity index (χ4v) is 2.50. The van der Waals surface area contributed by atoms with Gasteiger partial charge in [0, 0.05) is 38.6 Å². The summed E-state index contributed by atoms with van der Waals surface area (Å²) in [6.07, 6.45) is 6.80. The van der Waals surface area contributed by atoms with Crippen molar-refractivity contribution in [1.82, 2.24) is 24.4 Å². The van der Waals surface area contributed by atoms with Crippen LogP contribution in [-0.2, 0) is 0 Å². The van der Waals surface area contributed by atoms with E-state index in [4.69, 9.17) is 5.73 Å². The summed E-state index contributed by atoms with van der Waals surface area (Å²) in [5.41, 5.74) is 6.85. The molecule has 1 saturated heterocycles. The Bertz CT molecular complexity index is 558. The van der Waals surface area contributed by atoms with Gasteiger partial charge in [-0.3, -0.25) is 4.57 Å². The Labute approximate surface area is 118 Å². The van der Waals surface area contributed by atoms with Crippen LogP contribution in [0.25, 0.3) is 5.82 Å². The van der Waals surface area contributed by atoms with E-state index in [9.17, 15) is 0 Å². The molecule has 0 saturated carbocycles. The molecule has 0 spiro atoms. The van der Waals surface area contributed by atoms with Crippen LogP contribution in [0, 0.1) is 0 Å². The lowest BCUT2D eigenvalue weighted by molar-refractivity contribution is 0.270. The number of hydrogen-bond acceptors (Lipinski definition) is 6. The van der Waals surface area contributed by atoms with E-state index < -0.39 is 0 Å². The van der Waals surface area contributed by atoms with Crippen LogP contribution in [0.2, 0.25) is 0 Å². The average Bonchev–Trinajstić information content (AvgIpc) is 3.02. The Kier molecular flexibility index (Phi) is 3.51. The second-order valence-electron chi connectivity index (χ2n) is 4.83. The van der Waals surface area contributed by atoms with E-state index in [0.717, 1.165) is 38.5 Å². The van der Waals surface area contributed by atoms with E-state index in [1.54, 1.807) is 18.9 Å². The fraction of sp³-hybridized carbons (Fsp3) is 0.462. The van der Waals surface area contributed by atoms with Gasteiger partial charge in [-0.2, -0.15) is 0 Å². The number of anilines is 2. The summed E-state index contributed by atoms with van der Waals surface area (Å²) in [5.74, 6) is 1.50. The van der Waals surface area contributed by atoms with Crippen LogP contribution in [0.1, 0.15) is 6.92 Å². The van der Waals surface area contributed by atoms with E-state index in [0.29, 0.717) is 11.5 Å². The van der Waals surface area contributed by atoms with Gasteiger partial charge >= 0.3 is 0 Å². The second kappa shape index (κ2) is 5.46. The topological polar surface area (TPSA) is 76.1 Å². The van der Waals surface area contributed by atoms with Crippen molar-refractivity contribution in [3.63, 3.8) is 0 Å². The predicted molar refractivity (Wildman–Crippen MR) is 77.9 cm³/mol. The van der Waals surface area contributed by atoms with Crippen LogP contribution < -0.4 is 10.6 Å². The Morgan fingerprint density at radius 3 is 2.55 bits per heavy atom. The molecule has 20 heavy (non-hydrogen) atoms. The number of rotatable bonds is 3. The van der Waals surface area contributed by atoms with Crippen molar-refractivity contribution in [3.8, 4) is 5.82 Å². The highest BCUT2D eigenvalue weighted by molar-refractivity contribution is 5.70.